The summed E-state index contributed by atoms with van der Waals surface area (Å²) < 4.78 is 23.0. The number of carbonyl (C=O) groups is 2. The number of benzene rings is 1. The first-order chi connectivity index (χ1) is 11.6. The number of aromatic nitrogens is 1. The van der Waals surface area contributed by atoms with Crippen LogP contribution in [-0.2, 0) is 19.1 Å². The number of hydrogen-bond acceptors (Lipinski definition) is 6. The first-order valence-corrected chi connectivity index (χ1v) is 8.29. The van der Waals surface area contributed by atoms with Gasteiger partial charge in [0.15, 0.2) is 17.8 Å². The second-order valence-corrected chi connectivity index (χ2v) is 6.06. The van der Waals surface area contributed by atoms with Crippen LogP contribution in [0, 0.1) is 5.82 Å². The van der Waals surface area contributed by atoms with Gasteiger partial charge in [-0.3, -0.25) is 10.1 Å². The number of thiazole rings is 1. The topological polar surface area (TPSA) is 77.5 Å². The second-order valence-electron chi connectivity index (χ2n) is 5.20. The summed E-state index contributed by atoms with van der Waals surface area (Å²) in [6, 6.07) is 5.91. The van der Waals surface area contributed by atoms with Gasteiger partial charge < -0.3 is 9.47 Å². The lowest BCUT2D eigenvalue weighted by atomic mass is 10.2. The lowest BCUT2D eigenvalue weighted by Crippen LogP contribution is -2.27. The number of halogens is 1. The van der Waals surface area contributed by atoms with E-state index in [0.29, 0.717) is 23.9 Å². The molecule has 1 amide bonds. The van der Waals surface area contributed by atoms with Crippen molar-refractivity contribution in [3.8, 4) is 11.3 Å². The molecular formula is C16H15FN2O4S. The summed E-state index contributed by atoms with van der Waals surface area (Å²) in [7, 11) is 0. The van der Waals surface area contributed by atoms with Crippen molar-refractivity contribution in [2.45, 2.75) is 18.9 Å². The Balaban J connectivity index is 1.51. The van der Waals surface area contributed by atoms with Crippen molar-refractivity contribution in [3.05, 3.63) is 35.5 Å². The van der Waals surface area contributed by atoms with E-state index >= 15 is 0 Å². The Bertz CT molecular complexity index is 726. The molecule has 24 heavy (non-hydrogen) atoms. The van der Waals surface area contributed by atoms with Gasteiger partial charge in [-0.15, -0.1) is 11.3 Å². The highest BCUT2D eigenvalue weighted by Crippen LogP contribution is 2.25. The molecule has 1 aromatic carbocycles. The van der Waals surface area contributed by atoms with Gasteiger partial charge in [0.05, 0.1) is 5.69 Å². The largest absolute Gasteiger partial charge is 0.454 e. The molecule has 126 valence electrons. The summed E-state index contributed by atoms with van der Waals surface area (Å²) >= 11 is 1.23. The van der Waals surface area contributed by atoms with E-state index in [2.05, 4.69) is 10.3 Å². The Hall–Kier alpha value is -2.32. The molecule has 6 nitrogen and oxygen atoms in total. The molecule has 1 aromatic heterocycles. The molecule has 1 aliphatic heterocycles. The minimum Gasteiger partial charge on any atom is -0.454 e. The number of amides is 1. The zero-order valence-electron chi connectivity index (χ0n) is 12.7. The maximum absolute atomic E-state index is 12.9. The molecule has 2 heterocycles. The Morgan fingerprint density at radius 3 is 2.88 bits per heavy atom. The van der Waals surface area contributed by atoms with E-state index in [9.17, 15) is 14.0 Å². The van der Waals surface area contributed by atoms with Gasteiger partial charge in [0, 0.05) is 17.6 Å². The van der Waals surface area contributed by atoms with E-state index in [1.165, 1.54) is 23.5 Å². The van der Waals surface area contributed by atoms with E-state index < -0.39 is 18.0 Å². The van der Waals surface area contributed by atoms with Crippen LogP contribution in [0.4, 0.5) is 9.52 Å². The summed E-state index contributed by atoms with van der Waals surface area (Å²) in [6.07, 6.45) is 0.869. The Morgan fingerprint density at radius 1 is 1.38 bits per heavy atom. The highest BCUT2D eigenvalue weighted by atomic mass is 32.1. The molecule has 0 aliphatic carbocycles. The van der Waals surface area contributed by atoms with Crippen LogP contribution in [0.2, 0.25) is 0 Å². The van der Waals surface area contributed by atoms with Gasteiger partial charge >= 0.3 is 5.97 Å². The predicted molar refractivity (Wildman–Crippen MR) is 86.1 cm³/mol. The van der Waals surface area contributed by atoms with Crippen LogP contribution in [-0.4, -0.2) is 36.2 Å². The smallest absolute Gasteiger partial charge is 0.335 e. The number of anilines is 1. The maximum Gasteiger partial charge on any atom is 0.335 e. The van der Waals surface area contributed by atoms with Crippen LogP contribution in [0.5, 0.6) is 0 Å². The van der Waals surface area contributed by atoms with Crippen LogP contribution in [0.25, 0.3) is 11.3 Å². The molecule has 3 rings (SSSR count). The standard InChI is InChI=1S/C16H15FN2O4S/c17-11-5-3-10(4-6-11)12-9-24-16(18-12)19-14(20)8-23-15(21)13-2-1-7-22-13/h3-6,9,13H,1-2,7-8H2,(H,18,19,20). The number of nitrogens with zero attached hydrogens (tertiary/aromatic N) is 1. The minimum atomic E-state index is -0.567. The molecule has 1 atom stereocenters. The molecule has 1 N–H and O–H groups in total. The number of carbonyl (C=O) groups excluding carboxylic acids is 2. The molecule has 1 unspecified atom stereocenters. The normalized spacial score (nSPS) is 16.8. The van der Waals surface area contributed by atoms with Crippen molar-refractivity contribution in [1.29, 1.82) is 0 Å². The first kappa shape index (κ1) is 16.5. The molecule has 0 radical (unpaired) electrons. The van der Waals surface area contributed by atoms with Gasteiger partial charge in [-0.25, -0.2) is 14.2 Å². The average Bonchev–Trinajstić information content (AvgIpc) is 3.25. The van der Waals surface area contributed by atoms with Crippen LogP contribution < -0.4 is 5.32 Å². The first-order valence-electron chi connectivity index (χ1n) is 7.41. The van der Waals surface area contributed by atoms with E-state index in [4.69, 9.17) is 9.47 Å². The summed E-state index contributed by atoms with van der Waals surface area (Å²) in [5.74, 6) is -1.31. The predicted octanol–water partition coefficient (Wildman–Crippen LogP) is 2.61. The quantitative estimate of drug-likeness (QED) is 0.839. The monoisotopic (exact) mass is 350 g/mol. The third kappa shape index (κ3) is 4.15. The molecule has 1 saturated heterocycles. The lowest BCUT2D eigenvalue weighted by molar-refractivity contribution is -0.156. The van der Waals surface area contributed by atoms with E-state index in [-0.39, 0.29) is 12.4 Å². The van der Waals surface area contributed by atoms with Crippen LogP contribution in [0.1, 0.15) is 12.8 Å². The average molecular weight is 350 g/mol. The molecule has 8 heteroatoms. The fraction of sp³-hybridized carbons (Fsp3) is 0.312. The van der Waals surface area contributed by atoms with E-state index in [1.54, 1.807) is 17.5 Å². The summed E-state index contributed by atoms with van der Waals surface area (Å²) in [5, 5.41) is 4.70. The zero-order chi connectivity index (χ0) is 16.9. The summed E-state index contributed by atoms with van der Waals surface area (Å²) in [4.78, 5) is 27.7. The number of hydrogen-bond donors (Lipinski definition) is 1. The third-order valence-electron chi connectivity index (χ3n) is 3.43. The van der Waals surface area contributed by atoms with Crippen molar-refractivity contribution in [2.24, 2.45) is 0 Å². The van der Waals surface area contributed by atoms with Crippen molar-refractivity contribution in [2.75, 3.05) is 18.5 Å². The van der Waals surface area contributed by atoms with Crippen LogP contribution >= 0.6 is 11.3 Å². The van der Waals surface area contributed by atoms with Crippen LogP contribution in [0.3, 0.4) is 0 Å². The van der Waals surface area contributed by atoms with Crippen molar-refractivity contribution < 1.29 is 23.5 Å². The number of esters is 1. The molecule has 1 aliphatic rings. The highest BCUT2D eigenvalue weighted by Gasteiger charge is 2.25. The number of ether oxygens (including phenoxy) is 2. The molecule has 2 aromatic rings. The van der Waals surface area contributed by atoms with Gasteiger partial charge in [-0.1, -0.05) is 0 Å². The fourth-order valence-electron chi connectivity index (χ4n) is 2.23. The van der Waals surface area contributed by atoms with Crippen molar-refractivity contribution in [3.63, 3.8) is 0 Å². The summed E-state index contributed by atoms with van der Waals surface area (Å²) in [5.41, 5.74) is 1.38. The van der Waals surface area contributed by atoms with Crippen molar-refractivity contribution in [1.82, 2.24) is 4.98 Å². The zero-order valence-corrected chi connectivity index (χ0v) is 13.5. The molecule has 0 spiro atoms. The van der Waals surface area contributed by atoms with Gasteiger partial charge in [0.2, 0.25) is 0 Å². The van der Waals surface area contributed by atoms with Gasteiger partial charge in [0.25, 0.3) is 5.91 Å². The maximum atomic E-state index is 12.9. The highest BCUT2D eigenvalue weighted by molar-refractivity contribution is 7.14. The van der Waals surface area contributed by atoms with Gasteiger partial charge in [-0.2, -0.15) is 0 Å². The molecule has 0 bridgehead atoms. The minimum absolute atomic E-state index is 0.324. The van der Waals surface area contributed by atoms with Gasteiger partial charge in [-0.05, 0) is 37.1 Å². The fourth-order valence-corrected chi connectivity index (χ4v) is 2.97. The molecule has 0 saturated carbocycles. The second kappa shape index (κ2) is 7.50. The Kier molecular flexibility index (Phi) is 5.17. The van der Waals surface area contributed by atoms with Crippen molar-refractivity contribution >= 4 is 28.3 Å². The van der Waals surface area contributed by atoms with Gasteiger partial charge in [0.1, 0.15) is 5.82 Å². The number of nitrogens with one attached hydrogen (secondary N) is 1. The summed E-state index contributed by atoms with van der Waals surface area (Å²) in [6.45, 7) is 0.154. The molecular weight excluding hydrogens is 335 g/mol. The van der Waals surface area contributed by atoms with E-state index in [0.717, 1.165) is 12.0 Å². The van der Waals surface area contributed by atoms with E-state index in [1.807, 2.05) is 0 Å². The van der Waals surface area contributed by atoms with Crippen LogP contribution in [0.15, 0.2) is 29.6 Å². The number of rotatable bonds is 5. The lowest BCUT2D eigenvalue weighted by Gasteiger charge is -2.08. The Labute approximate surface area is 141 Å². The third-order valence-corrected chi connectivity index (χ3v) is 4.19. The molecule has 1 fully saturated rings. The Morgan fingerprint density at radius 2 is 2.17 bits per heavy atom. The SMILES string of the molecule is O=C(COC(=O)C1CCCO1)Nc1nc(-c2ccc(F)cc2)cs1.